The fraction of sp³-hybridized carbons (Fsp3) is 0.500. The molecule has 20 heteroatoms. The van der Waals surface area contributed by atoms with Crippen LogP contribution in [0.2, 0.25) is 0 Å². The van der Waals surface area contributed by atoms with Crippen molar-refractivity contribution in [3.05, 3.63) is 36.0 Å². The van der Waals surface area contributed by atoms with E-state index in [-0.39, 0.29) is 44.8 Å². The van der Waals surface area contributed by atoms with Gasteiger partial charge in [0.2, 0.25) is 53.2 Å². The number of terminal acetylenes is 1. The van der Waals surface area contributed by atoms with Gasteiger partial charge in [-0.1, -0.05) is 51.3 Å². The predicted molar refractivity (Wildman–Crippen MR) is 212 cm³/mol. The zero-order chi connectivity index (χ0) is 43.2. The summed E-state index contributed by atoms with van der Waals surface area (Å²) in [4.78, 5) is 119. The van der Waals surface area contributed by atoms with Crippen LogP contribution in [-0.2, 0) is 49.6 Å². The highest BCUT2D eigenvalue weighted by Gasteiger charge is 2.29. The van der Waals surface area contributed by atoms with Crippen LogP contribution in [0, 0.1) is 18.3 Å². The third-order valence-electron chi connectivity index (χ3n) is 8.91. The molecule has 4 unspecified atom stereocenters. The van der Waals surface area contributed by atoms with Crippen molar-refractivity contribution in [2.24, 2.45) is 17.4 Å². The lowest BCUT2D eigenvalue weighted by Crippen LogP contribution is -2.55. The van der Waals surface area contributed by atoms with Gasteiger partial charge in [-0.2, -0.15) is 0 Å². The first-order valence-electron chi connectivity index (χ1n) is 18.9. The molecule has 316 valence electrons. The van der Waals surface area contributed by atoms with Gasteiger partial charge >= 0.3 is 0 Å². The standard InChI is InChI=1S/C38H55N11O9/c1-5-14-41-31(52)19-43-36(56)27(12-13-29(40)50)46-32(53)20-44-37(57)28(16-24-18-42-26-11-9-8-10-25(24)26)47-33(54)22-49(15-6-2)34(55)21-45-38(58)35(23(4)7-3)48-30(51)17-39/h1,8-11,18,23,27-28,35,42H,6-7,12-17,19-22,39H2,2-4H3,(H2,40,50)(H,41,52)(H,43,56)(H,44,57)(H,45,58)(H,46,53)(H,47,54)(H,48,51). The fourth-order valence-electron chi connectivity index (χ4n) is 5.62. The normalized spacial score (nSPS) is 12.7. The van der Waals surface area contributed by atoms with Crippen LogP contribution in [0.15, 0.2) is 30.5 Å². The molecule has 0 saturated carbocycles. The summed E-state index contributed by atoms with van der Waals surface area (Å²) in [7, 11) is 0. The Bertz CT molecular complexity index is 1820. The van der Waals surface area contributed by atoms with E-state index >= 15 is 0 Å². The SMILES string of the molecule is C#CCNC(=O)CNC(=O)C(CCC(N)=O)NC(=O)CNC(=O)C(Cc1c[nH]c2ccccc12)NC(=O)CN(CCC)C(=O)CNC(=O)C(NC(=O)CN)C(C)CC. The number of aromatic nitrogens is 1. The van der Waals surface area contributed by atoms with Gasteiger partial charge in [-0.05, 0) is 30.4 Å². The van der Waals surface area contributed by atoms with Gasteiger partial charge < -0.3 is 58.6 Å². The number of H-pyrrole nitrogens is 1. The van der Waals surface area contributed by atoms with Crippen LogP contribution in [0.1, 0.15) is 52.0 Å². The molecule has 1 aromatic carbocycles. The van der Waals surface area contributed by atoms with E-state index in [4.69, 9.17) is 17.9 Å². The van der Waals surface area contributed by atoms with Crippen molar-refractivity contribution < 1.29 is 43.2 Å². The number of hydrogen-bond acceptors (Lipinski definition) is 10. The molecular weight excluding hydrogens is 754 g/mol. The lowest BCUT2D eigenvalue weighted by molar-refractivity contribution is -0.138. The summed E-state index contributed by atoms with van der Waals surface area (Å²) in [6.45, 7) is 3.10. The Labute approximate surface area is 336 Å². The Hall–Kier alpha value is -6.49. The van der Waals surface area contributed by atoms with Gasteiger partial charge in [0.15, 0.2) is 0 Å². The Morgan fingerprint density at radius 1 is 0.810 bits per heavy atom. The zero-order valence-corrected chi connectivity index (χ0v) is 33.0. The number of primary amides is 1. The zero-order valence-electron chi connectivity index (χ0n) is 33.0. The number of hydrogen-bond donors (Lipinski definition) is 10. The highest BCUT2D eigenvalue weighted by molar-refractivity contribution is 5.96. The third kappa shape index (κ3) is 16.3. The molecule has 4 atom stereocenters. The van der Waals surface area contributed by atoms with Gasteiger partial charge in [0.05, 0.1) is 39.3 Å². The highest BCUT2D eigenvalue weighted by atomic mass is 16.2. The second-order valence-corrected chi connectivity index (χ2v) is 13.4. The number of rotatable bonds is 25. The highest BCUT2D eigenvalue weighted by Crippen LogP contribution is 2.19. The van der Waals surface area contributed by atoms with Gasteiger partial charge in [-0.25, -0.2) is 0 Å². The topological polar surface area (TPSA) is 309 Å². The maximum atomic E-state index is 13.6. The molecule has 2 rings (SSSR count). The number of carbonyl (C=O) groups is 9. The first kappa shape index (κ1) is 47.7. The predicted octanol–water partition coefficient (Wildman–Crippen LogP) is -3.23. The van der Waals surface area contributed by atoms with Crippen molar-refractivity contribution in [1.29, 1.82) is 0 Å². The Morgan fingerprint density at radius 3 is 2.09 bits per heavy atom. The second kappa shape index (κ2) is 24.9. The summed E-state index contributed by atoms with van der Waals surface area (Å²) in [5, 5.41) is 18.1. The van der Waals surface area contributed by atoms with Crippen molar-refractivity contribution in [3.63, 3.8) is 0 Å². The Balaban J connectivity index is 2.18. The monoisotopic (exact) mass is 809 g/mol. The molecule has 0 saturated heterocycles. The van der Waals surface area contributed by atoms with Crippen molar-refractivity contribution in [1.82, 2.24) is 47.1 Å². The summed E-state index contributed by atoms with van der Waals surface area (Å²) in [5.41, 5.74) is 12.1. The lowest BCUT2D eigenvalue weighted by Gasteiger charge is -2.26. The molecule has 0 fully saturated rings. The van der Waals surface area contributed by atoms with Crippen LogP contribution in [0.5, 0.6) is 0 Å². The first-order chi connectivity index (χ1) is 27.6. The summed E-state index contributed by atoms with van der Waals surface area (Å²) < 4.78 is 0. The van der Waals surface area contributed by atoms with Crippen LogP contribution >= 0.6 is 0 Å². The molecule has 1 aromatic heterocycles. The van der Waals surface area contributed by atoms with Gasteiger partial charge in [0, 0.05) is 36.5 Å². The molecule has 0 spiro atoms. The van der Waals surface area contributed by atoms with Crippen molar-refractivity contribution >= 4 is 64.1 Å². The van der Waals surface area contributed by atoms with Crippen LogP contribution in [0.3, 0.4) is 0 Å². The number of nitrogens with one attached hydrogen (secondary N) is 8. The molecule has 0 bridgehead atoms. The lowest BCUT2D eigenvalue weighted by atomic mass is 9.98. The summed E-state index contributed by atoms with van der Waals surface area (Å²) in [5.74, 6) is -4.18. The van der Waals surface area contributed by atoms with E-state index in [0.29, 0.717) is 18.4 Å². The third-order valence-corrected chi connectivity index (χ3v) is 8.91. The van der Waals surface area contributed by atoms with Crippen molar-refractivity contribution in [3.8, 4) is 12.3 Å². The van der Waals surface area contributed by atoms with Crippen LogP contribution in [-0.4, -0.2) is 127 Å². The van der Waals surface area contributed by atoms with Crippen LogP contribution in [0.25, 0.3) is 10.9 Å². The Morgan fingerprint density at radius 2 is 1.45 bits per heavy atom. The number of fused-ring (bicyclic) bond motifs is 1. The van der Waals surface area contributed by atoms with E-state index in [1.54, 1.807) is 26.1 Å². The number of amides is 9. The summed E-state index contributed by atoms with van der Waals surface area (Å²) in [6, 6.07) is 3.79. The van der Waals surface area contributed by atoms with E-state index in [0.717, 1.165) is 10.9 Å². The summed E-state index contributed by atoms with van der Waals surface area (Å²) >= 11 is 0. The number of para-hydroxylation sites is 1. The number of benzene rings is 1. The van der Waals surface area contributed by atoms with E-state index in [2.05, 4.69) is 48.1 Å². The molecule has 0 radical (unpaired) electrons. The minimum Gasteiger partial charge on any atom is -0.370 e. The molecule has 12 N–H and O–H groups in total. The molecule has 0 aliphatic heterocycles. The van der Waals surface area contributed by atoms with Crippen LogP contribution in [0.4, 0.5) is 0 Å². The number of aromatic amines is 1. The maximum absolute atomic E-state index is 13.6. The number of carbonyl (C=O) groups excluding carboxylic acids is 9. The quantitative estimate of drug-likeness (QED) is 0.0448. The molecule has 0 aliphatic rings. The van der Waals surface area contributed by atoms with Gasteiger partial charge in [0.1, 0.15) is 18.1 Å². The smallest absolute Gasteiger partial charge is 0.243 e. The van der Waals surface area contributed by atoms with Crippen LogP contribution < -0.4 is 48.7 Å². The summed E-state index contributed by atoms with van der Waals surface area (Å²) in [6.07, 6.45) is 7.30. The van der Waals surface area contributed by atoms with E-state index in [1.165, 1.54) is 4.90 Å². The molecule has 1 heterocycles. The molecule has 2 aromatic rings. The largest absolute Gasteiger partial charge is 0.370 e. The second-order valence-electron chi connectivity index (χ2n) is 13.4. The first-order valence-corrected chi connectivity index (χ1v) is 18.9. The molecule has 58 heavy (non-hydrogen) atoms. The average Bonchev–Trinajstić information content (AvgIpc) is 3.62. The van der Waals surface area contributed by atoms with Gasteiger partial charge in [-0.15, -0.1) is 6.42 Å². The van der Waals surface area contributed by atoms with Crippen molar-refractivity contribution in [2.75, 3.05) is 45.8 Å². The van der Waals surface area contributed by atoms with Gasteiger partial charge in [0.25, 0.3) is 0 Å². The van der Waals surface area contributed by atoms with E-state index < -0.39 is 97.5 Å². The fourth-order valence-corrected chi connectivity index (χ4v) is 5.62. The number of nitrogens with zero attached hydrogens (tertiary/aromatic N) is 1. The molecular formula is C38H55N11O9. The Kier molecular flexibility index (Phi) is 20.5. The molecule has 20 nitrogen and oxygen atoms in total. The minimum atomic E-state index is -1.29. The van der Waals surface area contributed by atoms with E-state index in [1.807, 2.05) is 25.1 Å². The maximum Gasteiger partial charge on any atom is 0.243 e. The molecule has 0 aliphatic carbocycles. The van der Waals surface area contributed by atoms with E-state index in [9.17, 15) is 43.2 Å². The average molecular weight is 810 g/mol. The molecule has 9 amide bonds. The number of nitrogens with two attached hydrogens (primary N) is 2. The van der Waals surface area contributed by atoms with Gasteiger partial charge in [-0.3, -0.25) is 43.2 Å². The van der Waals surface area contributed by atoms with Crippen molar-refractivity contribution in [2.45, 2.75) is 71.0 Å². The minimum absolute atomic E-state index is 0.0299.